The number of nitrogens with one attached hydrogen (secondary N) is 1. The molecule has 1 aliphatic rings. The van der Waals surface area contributed by atoms with Gasteiger partial charge in [-0.3, -0.25) is 9.59 Å². The topological polar surface area (TPSA) is 114 Å². The molecule has 11 heteroatoms. The van der Waals surface area contributed by atoms with Gasteiger partial charge in [0.05, 0.1) is 4.90 Å². The molecule has 1 saturated heterocycles. The van der Waals surface area contributed by atoms with E-state index in [1.165, 1.54) is 58.9 Å². The first kappa shape index (κ1) is 22.7. The Hall–Kier alpha value is -3.44. The lowest BCUT2D eigenvalue weighted by atomic mass is 9.97. The van der Waals surface area contributed by atoms with Crippen LogP contribution in [0.1, 0.15) is 30.1 Å². The van der Waals surface area contributed by atoms with E-state index in [0.717, 1.165) is 0 Å². The van der Waals surface area contributed by atoms with Gasteiger partial charge < -0.3 is 5.32 Å². The minimum absolute atomic E-state index is 0.0565. The minimum atomic E-state index is -3.77. The maximum Gasteiger partial charge on any atom is 0.243 e. The molecule has 2 aromatic carbocycles. The van der Waals surface area contributed by atoms with E-state index in [9.17, 15) is 22.4 Å². The van der Waals surface area contributed by atoms with Crippen molar-refractivity contribution in [3.8, 4) is 5.69 Å². The molecule has 1 fully saturated rings. The summed E-state index contributed by atoms with van der Waals surface area (Å²) >= 11 is 0. The van der Waals surface area contributed by atoms with Crippen molar-refractivity contribution >= 4 is 27.4 Å². The first-order valence-corrected chi connectivity index (χ1v) is 11.8. The number of ketones is 1. The second-order valence-electron chi connectivity index (χ2n) is 7.76. The molecule has 2 heterocycles. The Morgan fingerprint density at radius 2 is 1.88 bits per heavy atom. The van der Waals surface area contributed by atoms with Crippen LogP contribution in [0.25, 0.3) is 5.69 Å². The molecule has 1 aromatic heterocycles. The third-order valence-electron chi connectivity index (χ3n) is 5.58. The maximum absolute atomic E-state index is 14.4. The van der Waals surface area contributed by atoms with Gasteiger partial charge >= 0.3 is 0 Å². The van der Waals surface area contributed by atoms with Crippen molar-refractivity contribution in [1.82, 2.24) is 19.1 Å². The Morgan fingerprint density at radius 1 is 1.12 bits per heavy atom. The van der Waals surface area contributed by atoms with E-state index in [-0.39, 0.29) is 35.4 Å². The summed E-state index contributed by atoms with van der Waals surface area (Å²) in [6.45, 7) is 1.72. The first-order valence-electron chi connectivity index (χ1n) is 10.3. The molecular weight excluding hydrogens is 449 g/mol. The number of anilines is 1. The van der Waals surface area contributed by atoms with Crippen molar-refractivity contribution in [3.63, 3.8) is 0 Å². The molecule has 3 aromatic rings. The number of carbonyl (C=O) groups is 2. The molecule has 4 rings (SSSR count). The van der Waals surface area contributed by atoms with Crippen LogP contribution in [-0.2, 0) is 14.8 Å². The Labute approximate surface area is 190 Å². The molecule has 0 aliphatic carbocycles. The summed E-state index contributed by atoms with van der Waals surface area (Å²) in [7, 11) is -3.77. The number of hydrogen-bond acceptors (Lipinski definition) is 6. The molecule has 1 aliphatic heterocycles. The van der Waals surface area contributed by atoms with Gasteiger partial charge in [-0.2, -0.15) is 9.40 Å². The second kappa shape index (κ2) is 9.20. The Morgan fingerprint density at radius 3 is 2.52 bits per heavy atom. The van der Waals surface area contributed by atoms with E-state index >= 15 is 0 Å². The highest BCUT2D eigenvalue weighted by Crippen LogP contribution is 2.26. The zero-order chi connectivity index (χ0) is 23.6. The molecule has 9 nitrogen and oxygen atoms in total. The number of Topliss-reactive ketones (excluding diaryl/α,β-unsaturated/α-hetero) is 1. The average molecular weight is 472 g/mol. The van der Waals surface area contributed by atoms with Crippen molar-refractivity contribution in [1.29, 1.82) is 0 Å². The fourth-order valence-electron chi connectivity index (χ4n) is 3.73. The van der Waals surface area contributed by atoms with Crippen LogP contribution in [-0.4, -0.2) is 52.3 Å². The fraction of sp³-hybridized carbons (Fsp3) is 0.273. The average Bonchev–Trinajstić information content (AvgIpc) is 3.34. The lowest BCUT2D eigenvalue weighted by Gasteiger charge is -2.30. The molecule has 0 saturated carbocycles. The number of hydrogen-bond donors (Lipinski definition) is 1. The first-order chi connectivity index (χ1) is 15.8. The minimum Gasteiger partial charge on any atom is -0.326 e. The van der Waals surface area contributed by atoms with Gasteiger partial charge in [0.2, 0.25) is 15.9 Å². The molecule has 0 bridgehead atoms. The van der Waals surface area contributed by atoms with E-state index < -0.39 is 21.8 Å². The molecule has 172 valence electrons. The van der Waals surface area contributed by atoms with Crippen molar-refractivity contribution in [2.75, 3.05) is 18.4 Å². The van der Waals surface area contributed by atoms with Gasteiger partial charge in [-0.1, -0.05) is 12.1 Å². The monoisotopic (exact) mass is 471 g/mol. The second-order valence-corrected chi connectivity index (χ2v) is 9.70. The summed E-state index contributed by atoms with van der Waals surface area (Å²) in [5.74, 6) is -1.48. The van der Waals surface area contributed by atoms with Crippen molar-refractivity contribution in [2.24, 2.45) is 5.92 Å². The van der Waals surface area contributed by atoms with Gasteiger partial charge in [0.1, 0.15) is 18.3 Å². The Kier molecular flexibility index (Phi) is 6.34. The quantitative estimate of drug-likeness (QED) is 0.553. The zero-order valence-corrected chi connectivity index (χ0v) is 18.6. The molecule has 0 radical (unpaired) electrons. The maximum atomic E-state index is 14.4. The SMILES string of the molecule is CC(=O)c1cccc(S(=O)(=O)N2CCC(C(=O)Nc3ccc(-n4cncn4)c(F)c3)CC2)c1. The van der Waals surface area contributed by atoms with Crippen LogP contribution >= 0.6 is 0 Å². The number of halogens is 1. The highest BCUT2D eigenvalue weighted by Gasteiger charge is 2.32. The van der Waals surface area contributed by atoms with Gasteiger partial charge in [-0.15, -0.1) is 0 Å². The van der Waals surface area contributed by atoms with Gasteiger partial charge in [-0.25, -0.2) is 22.5 Å². The largest absolute Gasteiger partial charge is 0.326 e. The third kappa shape index (κ3) is 4.83. The number of sulfonamides is 1. The Bertz CT molecular complexity index is 1290. The lowest BCUT2D eigenvalue weighted by molar-refractivity contribution is -0.120. The molecule has 0 spiro atoms. The highest BCUT2D eigenvalue weighted by atomic mass is 32.2. The van der Waals surface area contributed by atoms with E-state index in [0.29, 0.717) is 24.1 Å². The highest BCUT2D eigenvalue weighted by molar-refractivity contribution is 7.89. The van der Waals surface area contributed by atoms with E-state index in [2.05, 4.69) is 15.4 Å². The summed E-state index contributed by atoms with van der Waals surface area (Å²) in [5.41, 5.74) is 0.836. The number of carbonyl (C=O) groups excluding carboxylic acids is 2. The van der Waals surface area contributed by atoms with Gasteiger partial charge in [0.15, 0.2) is 11.6 Å². The Balaban J connectivity index is 1.39. The smallest absolute Gasteiger partial charge is 0.243 e. The predicted octanol–water partition coefficient (Wildman–Crippen LogP) is 2.65. The van der Waals surface area contributed by atoms with Crippen LogP contribution in [0.3, 0.4) is 0 Å². The number of benzene rings is 2. The molecule has 1 amide bonds. The summed E-state index contributed by atoms with van der Waals surface area (Å²) in [4.78, 5) is 28.1. The molecule has 1 N–H and O–H groups in total. The van der Waals surface area contributed by atoms with Crippen LogP contribution in [0.2, 0.25) is 0 Å². The van der Waals surface area contributed by atoms with Crippen LogP contribution in [0.5, 0.6) is 0 Å². The van der Waals surface area contributed by atoms with Crippen molar-refractivity contribution in [3.05, 3.63) is 66.5 Å². The lowest BCUT2D eigenvalue weighted by Crippen LogP contribution is -2.41. The number of nitrogens with zero attached hydrogens (tertiary/aromatic N) is 4. The van der Waals surface area contributed by atoms with E-state index in [1.54, 1.807) is 12.1 Å². The number of piperidine rings is 1. The fourth-order valence-corrected chi connectivity index (χ4v) is 5.25. The van der Waals surface area contributed by atoms with E-state index in [4.69, 9.17) is 0 Å². The summed E-state index contributed by atoms with van der Waals surface area (Å²) < 4.78 is 42.9. The zero-order valence-electron chi connectivity index (χ0n) is 17.8. The van der Waals surface area contributed by atoms with Crippen molar-refractivity contribution in [2.45, 2.75) is 24.7 Å². The predicted molar refractivity (Wildman–Crippen MR) is 118 cm³/mol. The molecule has 33 heavy (non-hydrogen) atoms. The third-order valence-corrected chi connectivity index (χ3v) is 7.48. The van der Waals surface area contributed by atoms with Crippen molar-refractivity contribution < 1.29 is 22.4 Å². The van der Waals surface area contributed by atoms with Crippen LogP contribution in [0.4, 0.5) is 10.1 Å². The number of rotatable bonds is 6. The van der Waals surface area contributed by atoms with Gasteiger partial charge in [0.25, 0.3) is 0 Å². The normalized spacial score (nSPS) is 15.3. The summed E-state index contributed by atoms with van der Waals surface area (Å²) in [6.07, 6.45) is 3.32. The number of aromatic nitrogens is 3. The standard InChI is InChI=1S/C22H22FN5O4S/c1-15(29)17-3-2-4-19(11-17)33(31,32)27-9-7-16(8-10-27)22(30)26-18-5-6-21(20(23)12-18)28-14-24-13-25-28/h2-6,11-14,16H,7-10H2,1H3,(H,26,30). The molecule has 0 atom stereocenters. The van der Waals surface area contributed by atoms with Gasteiger partial charge in [0, 0.05) is 30.3 Å². The van der Waals surface area contributed by atoms with Gasteiger partial charge in [-0.05, 0) is 50.1 Å². The van der Waals surface area contributed by atoms with Crippen LogP contribution in [0.15, 0.2) is 60.0 Å². The molecule has 0 unspecified atom stereocenters. The number of amides is 1. The summed E-state index contributed by atoms with van der Waals surface area (Å²) in [5, 5.41) is 6.58. The van der Waals surface area contributed by atoms with E-state index in [1.807, 2.05) is 0 Å². The van der Waals surface area contributed by atoms with Crippen LogP contribution in [0, 0.1) is 11.7 Å². The molecular formula is C22H22FN5O4S. The van der Waals surface area contributed by atoms with Crippen LogP contribution < -0.4 is 5.32 Å². The summed E-state index contributed by atoms with van der Waals surface area (Å²) in [6, 6.07) is 10.2.